The van der Waals surface area contributed by atoms with E-state index >= 15 is 0 Å². The maximum atomic E-state index is 11.0. The number of benzene rings is 2. The first kappa shape index (κ1) is 31.8. The second kappa shape index (κ2) is 18.6. The first-order valence-electron chi connectivity index (χ1n) is 16.3. The summed E-state index contributed by atoms with van der Waals surface area (Å²) < 4.78 is 5.88. The molecule has 0 fully saturated rings. The van der Waals surface area contributed by atoms with Crippen LogP contribution in [0.1, 0.15) is 151 Å². The zero-order valence-electron chi connectivity index (χ0n) is 25.3. The molecule has 3 nitrogen and oxygen atoms in total. The van der Waals surface area contributed by atoms with E-state index in [0.29, 0.717) is 0 Å². The lowest BCUT2D eigenvalue weighted by Crippen LogP contribution is -2.05. The number of unbranched alkanes of at least 4 members (excludes halogenated alkanes) is 14. The lowest BCUT2D eigenvalue weighted by atomic mass is 9.85. The van der Waals surface area contributed by atoms with Crippen molar-refractivity contribution in [2.75, 3.05) is 0 Å². The Morgan fingerprint density at radius 2 is 0.975 bits per heavy atom. The van der Waals surface area contributed by atoms with Gasteiger partial charge in [0.15, 0.2) is 0 Å². The molecule has 0 aliphatic carbocycles. The van der Waals surface area contributed by atoms with Crippen LogP contribution in [0, 0.1) is 0 Å². The van der Waals surface area contributed by atoms with Gasteiger partial charge in [-0.2, -0.15) is 0 Å². The van der Waals surface area contributed by atoms with E-state index in [0.717, 1.165) is 42.6 Å². The number of hydrogen-bond acceptors (Lipinski definition) is 3. The lowest BCUT2D eigenvalue weighted by molar-refractivity contribution is 0.443. The summed E-state index contributed by atoms with van der Waals surface area (Å²) in [6.07, 6.45) is 24.4. The highest BCUT2D eigenvalue weighted by molar-refractivity contribution is 5.52. The number of aromatic hydroxyl groups is 2. The molecule has 2 N–H and O–H groups in total. The van der Waals surface area contributed by atoms with E-state index in [2.05, 4.69) is 26.0 Å². The minimum atomic E-state index is -0.355. The molecule has 0 amide bonds. The maximum absolute atomic E-state index is 11.0. The van der Waals surface area contributed by atoms with Gasteiger partial charge in [0.2, 0.25) is 0 Å². The van der Waals surface area contributed by atoms with Crippen molar-refractivity contribution in [2.24, 2.45) is 0 Å². The molecule has 1 aromatic heterocycles. The van der Waals surface area contributed by atoms with Crippen LogP contribution in [-0.2, 0) is 12.8 Å². The standard InChI is InChI=1S/C37H54O3/c1-3-5-7-9-11-13-15-17-20-30-23-25-34(38)32(28-30)37(36-22-19-27-40-36)33-29-31(24-26-35(33)39)21-18-16-14-12-10-8-6-4-2/h19,22-29,37-39H,3-18,20-21H2,1-2H3. The molecule has 0 saturated heterocycles. The molecule has 1 heterocycles. The fourth-order valence-electron chi connectivity index (χ4n) is 5.84. The molecule has 0 spiro atoms. The lowest BCUT2D eigenvalue weighted by Gasteiger charge is -2.20. The van der Waals surface area contributed by atoms with E-state index in [-0.39, 0.29) is 17.4 Å². The third-order valence-corrected chi connectivity index (χ3v) is 8.27. The fourth-order valence-corrected chi connectivity index (χ4v) is 5.84. The van der Waals surface area contributed by atoms with Gasteiger partial charge in [0.1, 0.15) is 17.3 Å². The first-order chi connectivity index (χ1) is 19.6. The number of furan rings is 1. The highest BCUT2D eigenvalue weighted by Crippen LogP contribution is 2.41. The summed E-state index contributed by atoms with van der Waals surface area (Å²) in [5.74, 6) is 0.869. The van der Waals surface area contributed by atoms with Crippen LogP contribution in [0.15, 0.2) is 59.2 Å². The summed E-state index contributed by atoms with van der Waals surface area (Å²) in [6, 6.07) is 15.8. The molecule has 3 rings (SSSR count). The Bertz CT molecular complexity index is 1000. The number of aryl methyl sites for hydroxylation is 2. The predicted octanol–water partition coefficient (Wildman–Crippen LogP) is 11.2. The van der Waals surface area contributed by atoms with Crippen LogP contribution in [0.3, 0.4) is 0 Å². The summed E-state index contributed by atoms with van der Waals surface area (Å²) in [5, 5.41) is 22.0. The molecule has 0 saturated carbocycles. The largest absolute Gasteiger partial charge is 0.508 e. The molecular weight excluding hydrogens is 492 g/mol. The average Bonchev–Trinajstić information content (AvgIpc) is 3.49. The summed E-state index contributed by atoms with van der Waals surface area (Å²) in [4.78, 5) is 0. The monoisotopic (exact) mass is 546 g/mol. The van der Waals surface area contributed by atoms with Crippen LogP contribution in [0.4, 0.5) is 0 Å². The fraction of sp³-hybridized carbons (Fsp3) is 0.568. The van der Waals surface area contributed by atoms with Crippen LogP contribution in [0.2, 0.25) is 0 Å². The van der Waals surface area contributed by atoms with E-state index in [1.807, 2.05) is 36.4 Å². The normalized spacial score (nSPS) is 11.5. The molecule has 3 heteroatoms. The van der Waals surface area contributed by atoms with Gasteiger partial charge in [0.05, 0.1) is 12.2 Å². The number of hydrogen-bond donors (Lipinski definition) is 2. The first-order valence-corrected chi connectivity index (χ1v) is 16.3. The quantitative estimate of drug-likeness (QED) is 0.131. The third kappa shape index (κ3) is 10.7. The van der Waals surface area contributed by atoms with Crippen molar-refractivity contribution in [3.05, 3.63) is 82.8 Å². The zero-order chi connectivity index (χ0) is 28.4. The summed E-state index contributed by atoms with van der Waals surface area (Å²) >= 11 is 0. The van der Waals surface area contributed by atoms with Crippen molar-refractivity contribution in [2.45, 2.75) is 135 Å². The van der Waals surface area contributed by atoms with Crippen LogP contribution in [-0.4, -0.2) is 10.2 Å². The smallest absolute Gasteiger partial charge is 0.119 e. The SMILES string of the molecule is CCCCCCCCCCc1ccc(O)c(C(c2ccco2)c2cc(CCCCCCCCCC)ccc2O)c1. The van der Waals surface area contributed by atoms with Crippen molar-refractivity contribution in [1.29, 1.82) is 0 Å². The summed E-state index contributed by atoms with van der Waals surface area (Å²) in [7, 11) is 0. The molecule has 0 atom stereocenters. The Hall–Kier alpha value is -2.68. The van der Waals surface area contributed by atoms with Gasteiger partial charge in [0.25, 0.3) is 0 Å². The Morgan fingerprint density at radius 1 is 0.550 bits per heavy atom. The van der Waals surface area contributed by atoms with E-state index in [1.165, 1.54) is 101 Å². The van der Waals surface area contributed by atoms with Gasteiger partial charge in [-0.15, -0.1) is 0 Å². The van der Waals surface area contributed by atoms with Crippen LogP contribution < -0.4 is 0 Å². The number of phenolic OH excluding ortho intramolecular Hbond substituents is 2. The molecule has 40 heavy (non-hydrogen) atoms. The molecule has 2 aromatic carbocycles. The van der Waals surface area contributed by atoms with Gasteiger partial charge < -0.3 is 14.6 Å². The average molecular weight is 547 g/mol. The number of phenols is 2. The third-order valence-electron chi connectivity index (χ3n) is 8.27. The van der Waals surface area contributed by atoms with Crippen molar-refractivity contribution in [3.8, 4) is 11.5 Å². The molecule has 0 aliphatic rings. The molecule has 0 unspecified atom stereocenters. The highest BCUT2D eigenvalue weighted by Gasteiger charge is 2.26. The molecule has 3 aromatic rings. The van der Waals surface area contributed by atoms with Crippen LogP contribution in [0.25, 0.3) is 0 Å². The minimum Gasteiger partial charge on any atom is -0.508 e. The van der Waals surface area contributed by atoms with Gasteiger partial charge in [0, 0.05) is 11.1 Å². The molecule has 0 bridgehead atoms. The Morgan fingerprint density at radius 3 is 1.38 bits per heavy atom. The zero-order valence-corrected chi connectivity index (χ0v) is 25.3. The molecule has 220 valence electrons. The van der Waals surface area contributed by atoms with E-state index < -0.39 is 0 Å². The van der Waals surface area contributed by atoms with Gasteiger partial charge >= 0.3 is 0 Å². The van der Waals surface area contributed by atoms with E-state index in [1.54, 1.807) is 6.26 Å². The van der Waals surface area contributed by atoms with Crippen LogP contribution >= 0.6 is 0 Å². The Kier molecular flexibility index (Phi) is 14.8. The Balaban J connectivity index is 1.66. The van der Waals surface area contributed by atoms with E-state index in [4.69, 9.17) is 4.42 Å². The van der Waals surface area contributed by atoms with E-state index in [9.17, 15) is 10.2 Å². The van der Waals surface area contributed by atoms with Gasteiger partial charge in [-0.05, 0) is 61.1 Å². The summed E-state index contributed by atoms with van der Waals surface area (Å²) in [5.41, 5.74) is 4.05. The highest BCUT2D eigenvalue weighted by atomic mass is 16.3. The molecule has 0 radical (unpaired) electrons. The maximum Gasteiger partial charge on any atom is 0.119 e. The Labute approximate surface area is 244 Å². The topological polar surface area (TPSA) is 53.6 Å². The van der Waals surface area contributed by atoms with Crippen molar-refractivity contribution >= 4 is 0 Å². The second-order valence-corrected chi connectivity index (χ2v) is 11.7. The predicted molar refractivity (Wildman–Crippen MR) is 168 cm³/mol. The van der Waals surface area contributed by atoms with Gasteiger partial charge in [-0.25, -0.2) is 0 Å². The van der Waals surface area contributed by atoms with Gasteiger partial charge in [-0.3, -0.25) is 0 Å². The van der Waals surface area contributed by atoms with Crippen molar-refractivity contribution in [3.63, 3.8) is 0 Å². The summed E-state index contributed by atoms with van der Waals surface area (Å²) in [6.45, 7) is 4.52. The molecular formula is C37H54O3. The van der Waals surface area contributed by atoms with Crippen molar-refractivity contribution in [1.82, 2.24) is 0 Å². The van der Waals surface area contributed by atoms with Crippen molar-refractivity contribution < 1.29 is 14.6 Å². The second-order valence-electron chi connectivity index (χ2n) is 11.7. The number of rotatable bonds is 21. The van der Waals surface area contributed by atoms with Crippen LogP contribution in [0.5, 0.6) is 11.5 Å². The molecule has 0 aliphatic heterocycles. The minimum absolute atomic E-state index is 0.244. The van der Waals surface area contributed by atoms with Gasteiger partial charge in [-0.1, -0.05) is 128 Å².